The van der Waals surface area contributed by atoms with Gasteiger partial charge in [0, 0.05) is 44.3 Å². The summed E-state index contributed by atoms with van der Waals surface area (Å²) in [5.41, 5.74) is 2.58. The van der Waals surface area contributed by atoms with E-state index in [9.17, 15) is 13.2 Å². The molecule has 29 heavy (non-hydrogen) atoms. The summed E-state index contributed by atoms with van der Waals surface area (Å²) in [6.07, 6.45) is 2.12. The minimum Gasteiger partial charge on any atom is -0.312 e. The molecule has 1 atom stereocenters. The Morgan fingerprint density at radius 1 is 1.10 bits per heavy atom. The molecule has 2 aliphatic heterocycles. The molecule has 2 saturated heterocycles. The third-order valence-corrected chi connectivity index (χ3v) is 7.35. The number of nitrogens with zero attached hydrogens (tertiary/aromatic N) is 2. The lowest BCUT2D eigenvalue weighted by Gasteiger charge is -2.20. The lowest BCUT2D eigenvalue weighted by Crippen LogP contribution is -2.37. The number of amides is 1. The molecule has 0 aliphatic carbocycles. The van der Waals surface area contributed by atoms with Crippen LogP contribution in [0.15, 0.2) is 53.4 Å². The van der Waals surface area contributed by atoms with E-state index in [2.05, 4.69) is 21.8 Å². The number of anilines is 1. The third kappa shape index (κ3) is 4.52. The van der Waals surface area contributed by atoms with Gasteiger partial charge >= 0.3 is 0 Å². The van der Waals surface area contributed by atoms with Crippen LogP contribution in [0.5, 0.6) is 0 Å². The van der Waals surface area contributed by atoms with Crippen molar-refractivity contribution in [1.29, 1.82) is 0 Å². The number of rotatable bonds is 6. The van der Waals surface area contributed by atoms with Crippen molar-refractivity contribution < 1.29 is 13.2 Å². The first-order valence-electron chi connectivity index (χ1n) is 10.1. The molecule has 0 unspecified atom stereocenters. The molecule has 7 heteroatoms. The summed E-state index contributed by atoms with van der Waals surface area (Å²) in [6.45, 7) is 4.82. The van der Waals surface area contributed by atoms with E-state index in [4.69, 9.17) is 0 Å². The van der Waals surface area contributed by atoms with Gasteiger partial charge in [-0.3, -0.25) is 9.69 Å². The van der Waals surface area contributed by atoms with E-state index in [0.717, 1.165) is 25.9 Å². The molecule has 2 fully saturated rings. The summed E-state index contributed by atoms with van der Waals surface area (Å²) < 4.78 is 29.1. The Hall–Kier alpha value is -2.22. The van der Waals surface area contributed by atoms with E-state index in [1.807, 2.05) is 24.3 Å². The molecule has 2 aliphatic rings. The molecule has 2 heterocycles. The Labute approximate surface area is 172 Å². The highest BCUT2D eigenvalue weighted by Gasteiger charge is 2.29. The lowest BCUT2D eigenvalue weighted by molar-refractivity contribution is -0.117. The molecule has 1 N–H and O–H groups in total. The predicted octanol–water partition coefficient (Wildman–Crippen LogP) is 2.67. The van der Waals surface area contributed by atoms with Crippen LogP contribution in [0.1, 0.15) is 30.4 Å². The van der Waals surface area contributed by atoms with E-state index in [1.54, 1.807) is 24.0 Å². The van der Waals surface area contributed by atoms with Crippen LogP contribution in [0, 0.1) is 6.92 Å². The third-order valence-electron chi connectivity index (χ3n) is 5.69. The van der Waals surface area contributed by atoms with Crippen LogP contribution in [0.25, 0.3) is 0 Å². The number of likely N-dealkylation sites (tertiary alicyclic amines) is 1. The summed E-state index contributed by atoms with van der Waals surface area (Å²) in [4.78, 5) is 16.2. The lowest BCUT2D eigenvalue weighted by atomic mass is 10.2. The molecular weight excluding hydrogens is 386 g/mol. The average molecular weight is 414 g/mol. The Kier molecular flexibility index (Phi) is 5.72. The second-order valence-electron chi connectivity index (χ2n) is 7.93. The highest BCUT2D eigenvalue weighted by molar-refractivity contribution is 7.89. The molecule has 0 aromatic heterocycles. The highest BCUT2D eigenvalue weighted by atomic mass is 32.2. The summed E-state index contributed by atoms with van der Waals surface area (Å²) in [7, 11) is -3.65. The molecule has 0 spiro atoms. The largest absolute Gasteiger partial charge is 0.312 e. The predicted molar refractivity (Wildman–Crippen MR) is 113 cm³/mol. The fourth-order valence-electron chi connectivity index (χ4n) is 4.16. The minimum absolute atomic E-state index is 0.0532. The highest BCUT2D eigenvalue weighted by Crippen LogP contribution is 2.27. The monoisotopic (exact) mass is 413 g/mol. The maximum Gasteiger partial charge on any atom is 0.241 e. The zero-order valence-electron chi connectivity index (χ0n) is 16.7. The van der Waals surface area contributed by atoms with Gasteiger partial charge in [0.25, 0.3) is 0 Å². The fraction of sp³-hybridized carbons (Fsp3) is 0.409. The van der Waals surface area contributed by atoms with Crippen LogP contribution in [0.2, 0.25) is 0 Å². The Bertz CT molecular complexity index is 992. The normalized spacial score (nSPS) is 20.5. The Morgan fingerprint density at radius 3 is 2.62 bits per heavy atom. The minimum atomic E-state index is -3.65. The second kappa shape index (κ2) is 8.26. The summed E-state index contributed by atoms with van der Waals surface area (Å²) in [5, 5.41) is 0. The number of aryl methyl sites for hydroxylation is 1. The molecular formula is C22H27N3O3S. The van der Waals surface area contributed by atoms with Gasteiger partial charge in [-0.15, -0.1) is 0 Å². The number of hydrogen-bond donors (Lipinski definition) is 1. The first kappa shape index (κ1) is 20.1. The van der Waals surface area contributed by atoms with Gasteiger partial charge in [0.2, 0.25) is 15.9 Å². The second-order valence-corrected chi connectivity index (χ2v) is 9.61. The van der Waals surface area contributed by atoms with E-state index >= 15 is 0 Å². The number of nitrogens with one attached hydrogen (secondary N) is 1. The smallest absolute Gasteiger partial charge is 0.241 e. The fourth-order valence-corrected chi connectivity index (χ4v) is 5.69. The van der Waals surface area contributed by atoms with Crippen LogP contribution < -0.4 is 9.62 Å². The zero-order valence-corrected chi connectivity index (χ0v) is 17.5. The maximum absolute atomic E-state index is 13.1. The molecule has 2 aromatic carbocycles. The number of benzene rings is 2. The van der Waals surface area contributed by atoms with Crippen molar-refractivity contribution in [1.82, 2.24) is 9.62 Å². The maximum atomic E-state index is 13.1. The topological polar surface area (TPSA) is 69.7 Å². The van der Waals surface area contributed by atoms with E-state index in [0.29, 0.717) is 30.8 Å². The zero-order chi connectivity index (χ0) is 20.4. The van der Waals surface area contributed by atoms with E-state index < -0.39 is 10.0 Å². The number of sulfonamides is 1. The van der Waals surface area contributed by atoms with Gasteiger partial charge in [-0.2, -0.15) is 0 Å². The Balaban J connectivity index is 1.46. The summed E-state index contributed by atoms with van der Waals surface area (Å²) in [6, 6.07) is 15.4. The van der Waals surface area contributed by atoms with Crippen molar-refractivity contribution in [3.8, 4) is 0 Å². The summed E-state index contributed by atoms with van der Waals surface area (Å²) >= 11 is 0. The van der Waals surface area contributed by atoms with E-state index in [-0.39, 0.29) is 16.8 Å². The number of hydrogen-bond acceptors (Lipinski definition) is 4. The van der Waals surface area contributed by atoms with Crippen molar-refractivity contribution in [2.24, 2.45) is 0 Å². The van der Waals surface area contributed by atoms with Gasteiger partial charge in [-0.05, 0) is 43.0 Å². The van der Waals surface area contributed by atoms with Crippen molar-refractivity contribution in [3.63, 3.8) is 0 Å². The first-order valence-corrected chi connectivity index (χ1v) is 11.6. The molecule has 154 valence electrons. The standard InChI is InChI=1S/C22H27N3O3S/c1-17-9-10-20(25-12-5-8-22(25)26)14-21(17)29(27,28)23-19-11-13-24(16-19)15-18-6-3-2-4-7-18/h2-4,6-7,9-10,14,19,23H,5,8,11-13,15-16H2,1H3/t19-/m0/s1. The SMILES string of the molecule is Cc1ccc(N2CCCC2=O)cc1S(=O)(=O)N[C@H]1CCN(Cc2ccccc2)C1. The van der Waals surface area contributed by atoms with Gasteiger partial charge in [0.15, 0.2) is 0 Å². The van der Waals surface area contributed by atoms with Gasteiger partial charge in [0.05, 0.1) is 4.90 Å². The van der Waals surface area contributed by atoms with Crippen LogP contribution in [0.3, 0.4) is 0 Å². The van der Waals surface area contributed by atoms with Gasteiger partial charge < -0.3 is 4.90 Å². The first-order chi connectivity index (χ1) is 13.9. The Morgan fingerprint density at radius 2 is 1.90 bits per heavy atom. The van der Waals surface area contributed by atoms with Crippen molar-refractivity contribution in [2.45, 2.75) is 43.7 Å². The molecule has 2 aromatic rings. The number of carbonyl (C=O) groups is 1. The van der Waals surface area contributed by atoms with Gasteiger partial charge in [-0.1, -0.05) is 36.4 Å². The van der Waals surface area contributed by atoms with Crippen LogP contribution in [-0.4, -0.2) is 44.9 Å². The molecule has 0 radical (unpaired) electrons. The average Bonchev–Trinajstić information content (AvgIpc) is 3.31. The molecule has 4 rings (SSSR count). The van der Waals surface area contributed by atoms with Gasteiger partial charge in [0.1, 0.15) is 0 Å². The molecule has 0 saturated carbocycles. The molecule has 6 nitrogen and oxygen atoms in total. The quantitative estimate of drug-likeness (QED) is 0.791. The van der Waals surface area contributed by atoms with Gasteiger partial charge in [-0.25, -0.2) is 13.1 Å². The van der Waals surface area contributed by atoms with Crippen molar-refractivity contribution in [3.05, 3.63) is 59.7 Å². The van der Waals surface area contributed by atoms with Crippen molar-refractivity contribution in [2.75, 3.05) is 24.5 Å². The molecule has 0 bridgehead atoms. The molecule has 1 amide bonds. The van der Waals surface area contributed by atoms with Crippen LogP contribution >= 0.6 is 0 Å². The van der Waals surface area contributed by atoms with Crippen LogP contribution in [0.4, 0.5) is 5.69 Å². The van der Waals surface area contributed by atoms with Crippen LogP contribution in [-0.2, 0) is 21.4 Å². The van der Waals surface area contributed by atoms with Crippen molar-refractivity contribution >= 4 is 21.6 Å². The summed E-state index contributed by atoms with van der Waals surface area (Å²) in [5.74, 6) is 0.0532. The number of carbonyl (C=O) groups excluding carboxylic acids is 1. The van der Waals surface area contributed by atoms with E-state index in [1.165, 1.54) is 5.56 Å².